The minimum Gasteiger partial charge on any atom is -0.355 e. The van der Waals surface area contributed by atoms with E-state index in [-0.39, 0.29) is 5.91 Å². The lowest BCUT2D eigenvalue weighted by Crippen LogP contribution is -2.37. The highest BCUT2D eigenvalue weighted by Gasteiger charge is 2.26. The molecule has 13 heavy (non-hydrogen) atoms. The van der Waals surface area contributed by atoms with Crippen LogP contribution >= 0.6 is 15.9 Å². The molecule has 1 aliphatic rings. The van der Waals surface area contributed by atoms with E-state index in [1.165, 1.54) is 32.1 Å². The molecule has 76 valence electrons. The number of halogens is 1. The molecule has 0 aromatic rings. The average molecular weight is 248 g/mol. The number of carbonyl (C=O) groups is 1. The van der Waals surface area contributed by atoms with Crippen molar-refractivity contribution in [1.29, 1.82) is 0 Å². The maximum atomic E-state index is 11.0. The summed E-state index contributed by atoms with van der Waals surface area (Å²) in [4.78, 5) is 11.0. The zero-order valence-corrected chi connectivity index (χ0v) is 9.82. The summed E-state index contributed by atoms with van der Waals surface area (Å²) >= 11 is 3.15. The molecule has 2 nitrogen and oxygen atoms in total. The van der Waals surface area contributed by atoms with Crippen LogP contribution in [0.3, 0.4) is 0 Å². The largest absolute Gasteiger partial charge is 0.355 e. The molecule has 1 fully saturated rings. The second-order valence-corrected chi connectivity index (χ2v) is 4.84. The number of amides is 1. The lowest BCUT2D eigenvalue weighted by molar-refractivity contribution is -0.119. The summed E-state index contributed by atoms with van der Waals surface area (Å²) in [5.74, 6) is 0.104. The van der Waals surface area contributed by atoms with Crippen molar-refractivity contribution in [2.24, 2.45) is 5.41 Å². The molecule has 0 unspecified atom stereocenters. The molecule has 1 aliphatic carbocycles. The van der Waals surface area contributed by atoms with E-state index >= 15 is 0 Å². The Morgan fingerprint density at radius 1 is 1.38 bits per heavy atom. The quantitative estimate of drug-likeness (QED) is 0.764. The van der Waals surface area contributed by atoms with Crippen molar-refractivity contribution in [3.05, 3.63) is 0 Å². The Hall–Kier alpha value is -0.0500. The first-order valence-corrected chi connectivity index (χ1v) is 6.11. The average Bonchev–Trinajstić information content (AvgIpc) is 2.15. The van der Waals surface area contributed by atoms with Crippen molar-refractivity contribution in [2.75, 3.05) is 11.9 Å². The predicted octanol–water partition coefficient (Wildman–Crippen LogP) is 2.47. The first kappa shape index (κ1) is 11.0. The van der Waals surface area contributed by atoms with E-state index in [0.717, 1.165) is 6.54 Å². The minimum atomic E-state index is 0.104. The van der Waals surface area contributed by atoms with Gasteiger partial charge >= 0.3 is 0 Å². The fraction of sp³-hybridized carbons (Fsp3) is 0.900. The van der Waals surface area contributed by atoms with Crippen LogP contribution in [0.15, 0.2) is 0 Å². The summed E-state index contributed by atoms with van der Waals surface area (Å²) in [5.41, 5.74) is 0.357. The fourth-order valence-corrected chi connectivity index (χ4v) is 2.14. The maximum absolute atomic E-state index is 11.0. The van der Waals surface area contributed by atoms with Crippen LogP contribution in [0.4, 0.5) is 0 Å². The van der Waals surface area contributed by atoms with Gasteiger partial charge in [-0.2, -0.15) is 0 Å². The number of rotatable bonds is 3. The third-order valence-electron chi connectivity index (χ3n) is 2.89. The van der Waals surface area contributed by atoms with Gasteiger partial charge in [0.2, 0.25) is 5.91 Å². The smallest absolute Gasteiger partial charge is 0.230 e. The lowest BCUT2D eigenvalue weighted by Gasteiger charge is -2.33. The number of alkyl halides is 1. The zero-order chi connectivity index (χ0) is 9.73. The van der Waals surface area contributed by atoms with E-state index < -0.39 is 0 Å². The third kappa shape index (κ3) is 3.67. The van der Waals surface area contributed by atoms with Gasteiger partial charge in [0.25, 0.3) is 0 Å². The van der Waals surface area contributed by atoms with E-state index in [1.54, 1.807) is 0 Å². The molecule has 0 heterocycles. The molecule has 0 radical (unpaired) electrons. The fourth-order valence-electron chi connectivity index (χ4n) is 1.94. The number of nitrogens with one attached hydrogen (secondary N) is 1. The van der Waals surface area contributed by atoms with Gasteiger partial charge in [-0.15, -0.1) is 0 Å². The molecule has 1 saturated carbocycles. The molecule has 0 saturated heterocycles. The predicted molar refractivity (Wildman–Crippen MR) is 58.0 cm³/mol. The summed E-state index contributed by atoms with van der Waals surface area (Å²) in [7, 11) is 0. The Balaban J connectivity index is 2.28. The van der Waals surface area contributed by atoms with Crippen LogP contribution in [0, 0.1) is 5.41 Å². The number of hydrogen-bond acceptors (Lipinski definition) is 1. The number of carbonyl (C=O) groups excluding carboxylic acids is 1. The molecule has 1 N–H and O–H groups in total. The van der Waals surface area contributed by atoms with Crippen molar-refractivity contribution in [3.63, 3.8) is 0 Å². The van der Waals surface area contributed by atoms with Gasteiger partial charge in [-0.3, -0.25) is 4.79 Å². The standard InChI is InChI=1S/C10H18BrNO/c1-10(5-3-2-4-6-10)8-12-9(13)7-11/h2-8H2,1H3,(H,12,13). The van der Waals surface area contributed by atoms with E-state index in [9.17, 15) is 4.79 Å². The van der Waals surface area contributed by atoms with Crippen molar-refractivity contribution >= 4 is 21.8 Å². The molecule has 1 amide bonds. The molecular formula is C10H18BrNO. The van der Waals surface area contributed by atoms with E-state index in [0.29, 0.717) is 10.7 Å². The number of hydrogen-bond donors (Lipinski definition) is 1. The topological polar surface area (TPSA) is 29.1 Å². The summed E-state index contributed by atoms with van der Waals surface area (Å²) in [6.07, 6.45) is 6.52. The monoisotopic (exact) mass is 247 g/mol. The van der Waals surface area contributed by atoms with Gasteiger partial charge in [-0.05, 0) is 18.3 Å². The van der Waals surface area contributed by atoms with Crippen molar-refractivity contribution in [2.45, 2.75) is 39.0 Å². The highest BCUT2D eigenvalue weighted by Crippen LogP contribution is 2.34. The molecule has 0 spiro atoms. The summed E-state index contributed by atoms with van der Waals surface area (Å²) in [6, 6.07) is 0. The van der Waals surface area contributed by atoms with Crippen molar-refractivity contribution < 1.29 is 4.79 Å². The van der Waals surface area contributed by atoms with Crippen LogP contribution in [0.1, 0.15) is 39.0 Å². The molecular weight excluding hydrogens is 230 g/mol. The Bertz CT molecular complexity index is 176. The minimum absolute atomic E-state index is 0.104. The van der Waals surface area contributed by atoms with Crippen LogP contribution in [-0.2, 0) is 4.79 Å². The molecule has 3 heteroatoms. The highest BCUT2D eigenvalue weighted by molar-refractivity contribution is 9.09. The molecule has 0 aliphatic heterocycles. The van der Waals surface area contributed by atoms with Gasteiger partial charge in [0.15, 0.2) is 0 Å². The first-order chi connectivity index (χ1) is 6.16. The Labute approximate surface area is 88.6 Å². The summed E-state index contributed by atoms with van der Waals surface area (Å²) in [5, 5.41) is 3.38. The summed E-state index contributed by atoms with van der Waals surface area (Å²) in [6.45, 7) is 3.12. The van der Waals surface area contributed by atoms with Crippen LogP contribution < -0.4 is 5.32 Å². The van der Waals surface area contributed by atoms with Crippen LogP contribution in [0.2, 0.25) is 0 Å². The van der Waals surface area contributed by atoms with Gasteiger partial charge in [0.05, 0.1) is 5.33 Å². The Kier molecular flexibility index (Phi) is 4.23. The molecule has 0 bridgehead atoms. The molecule has 0 atom stereocenters. The summed E-state index contributed by atoms with van der Waals surface area (Å²) < 4.78 is 0. The molecule has 1 rings (SSSR count). The molecule has 0 aromatic carbocycles. The zero-order valence-electron chi connectivity index (χ0n) is 8.24. The van der Waals surface area contributed by atoms with Crippen LogP contribution in [-0.4, -0.2) is 17.8 Å². The SMILES string of the molecule is CC1(CNC(=O)CBr)CCCCC1. The van der Waals surface area contributed by atoms with Crippen molar-refractivity contribution in [1.82, 2.24) is 5.32 Å². The Morgan fingerprint density at radius 3 is 2.54 bits per heavy atom. The second kappa shape index (κ2) is 4.99. The molecule has 0 aromatic heterocycles. The third-order valence-corrected chi connectivity index (χ3v) is 3.40. The maximum Gasteiger partial charge on any atom is 0.230 e. The van der Waals surface area contributed by atoms with Crippen molar-refractivity contribution in [3.8, 4) is 0 Å². The van der Waals surface area contributed by atoms with Gasteiger partial charge in [-0.1, -0.05) is 42.1 Å². The second-order valence-electron chi connectivity index (χ2n) is 4.28. The van der Waals surface area contributed by atoms with E-state index in [1.807, 2.05) is 0 Å². The van der Waals surface area contributed by atoms with Gasteiger partial charge in [0.1, 0.15) is 0 Å². The highest BCUT2D eigenvalue weighted by atomic mass is 79.9. The van der Waals surface area contributed by atoms with Gasteiger partial charge in [0, 0.05) is 6.54 Å². The Morgan fingerprint density at radius 2 is 2.00 bits per heavy atom. The van der Waals surface area contributed by atoms with Crippen LogP contribution in [0.25, 0.3) is 0 Å². The first-order valence-electron chi connectivity index (χ1n) is 4.99. The van der Waals surface area contributed by atoms with Crippen LogP contribution in [0.5, 0.6) is 0 Å². The normalized spacial score (nSPS) is 21.1. The van der Waals surface area contributed by atoms with E-state index in [4.69, 9.17) is 0 Å². The van der Waals surface area contributed by atoms with Gasteiger partial charge in [-0.25, -0.2) is 0 Å². The van der Waals surface area contributed by atoms with Gasteiger partial charge < -0.3 is 5.32 Å². The lowest BCUT2D eigenvalue weighted by atomic mass is 9.76. The van der Waals surface area contributed by atoms with E-state index in [2.05, 4.69) is 28.2 Å².